The topological polar surface area (TPSA) is 80.6 Å². The molecule has 0 radical (unpaired) electrons. The van der Waals surface area contributed by atoms with Crippen LogP contribution in [0.1, 0.15) is 31.3 Å². The standard InChI is InChI=1S/C18H23N3O4S/c1-12-5-7-17-13(2)21(10-9-20(12)17)26(23,24)15-6-8-18(25-4)16(11-15)19-14(3)22/h5-8,11,13H,9-10H2,1-4H3,(H,19,22)/t13-/m0/s1. The van der Waals surface area contributed by atoms with Crippen LogP contribution in [0.15, 0.2) is 35.2 Å². The predicted molar refractivity (Wildman–Crippen MR) is 98.8 cm³/mol. The third kappa shape index (κ3) is 3.10. The summed E-state index contributed by atoms with van der Waals surface area (Å²) in [4.78, 5) is 11.5. The first-order valence-electron chi connectivity index (χ1n) is 8.39. The number of methoxy groups -OCH3 is 1. The van der Waals surface area contributed by atoms with Gasteiger partial charge in [0.15, 0.2) is 0 Å². The van der Waals surface area contributed by atoms with E-state index in [9.17, 15) is 13.2 Å². The van der Waals surface area contributed by atoms with Crippen LogP contribution in [0.3, 0.4) is 0 Å². The Hall–Kier alpha value is -2.32. The molecule has 1 aromatic carbocycles. The van der Waals surface area contributed by atoms with E-state index in [2.05, 4.69) is 9.88 Å². The summed E-state index contributed by atoms with van der Waals surface area (Å²) in [5.74, 6) is 0.118. The van der Waals surface area contributed by atoms with Gasteiger partial charge in [-0.05, 0) is 44.2 Å². The molecule has 140 valence electrons. The van der Waals surface area contributed by atoms with E-state index in [-0.39, 0.29) is 16.8 Å². The highest BCUT2D eigenvalue weighted by Gasteiger charge is 2.34. The number of anilines is 1. The Balaban J connectivity index is 1.99. The minimum Gasteiger partial charge on any atom is -0.495 e. The van der Waals surface area contributed by atoms with Gasteiger partial charge in [-0.1, -0.05) is 0 Å². The number of sulfonamides is 1. The molecule has 2 aromatic rings. The Labute approximate surface area is 153 Å². The molecule has 1 atom stereocenters. The molecule has 0 aliphatic carbocycles. The monoisotopic (exact) mass is 377 g/mol. The maximum Gasteiger partial charge on any atom is 0.243 e. The van der Waals surface area contributed by atoms with Crippen LogP contribution in [0.4, 0.5) is 5.69 Å². The summed E-state index contributed by atoms with van der Waals surface area (Å²) in [7, 11) is -2.24. The number of rotatable bonds is 4. The first kappa shape index (κ1) is 18.5. The van der Waals surface area contributed by atoms with Gasteiger partial charge in [0.05, 0.1) is 23.7 Å². The van der Waals surface area contributed by atoms with Gasteiger partial charge in [0.1, 0.15) is 5.75 Å². The lowest BCUT2D eigenvalue weighted by molar-refractivity contribution is -0.114. The number of fused-ring (bicyclic) bond motifs is 1. The fourth-order valence-corrected chi connectivity index (χ4v) is 5.02. The molecule has 2 heterocycles. The average Bonchev–Trinajstić information content (AvgIpc) is 2.96. The van der Waals surface area contributed by atoms with Crippen molar-refractivity contribution in [2.75, 3.05) is 19.0 Å². The van der Waals surface area contributed by atoms with Crippen molar-refractivity contribution in [2.24, 2.45) is 0 Å². The predicted octanol–water partition coefficient (Wildman–Crippen LogP) is 2.53. The molecule has 1 amide bonds. The van der Waals surface area contributed by atoms with Crippen LogP contribution in [0, 0.1) is 6.92 Å². The maximum absolute atomic E-state index is 13.2. The van der Waals surface area contributed by atoms with Crippen LogP contribution in [-0.2, 0) is 21.4 Å². The lowest BCUT2D eigenvalue weighted by Crippen LogP contribution is -2.41. The van der Waals surface area contributed by atoms with Crippen LogP contribution in [-0.4, -0.2) is 36.9 Å². The lowest BCUT2D eigenvalue weighted by atomic mass is 10.2. The Kier molecular flexibility index (Phi) is 4.81. The molecule has 0 bridgehead atoms. The zero-order valence-corrected chi connectivity index (χ0v) is 16.1. The van der Waals surface area contributed by atoms with Crippen molar-refractivity contribution in [3.05, 3.63) is 41.7 Å². The van der Waals surface area contributed by atoms with E-state index in [1.165, 1.54) is 30.5 Å². The second kappa shape index (κ2) is 6.77. The fraction of sp³-hybridized carbons (Fsp3) is 0.389. The largest absolute Gasteiger partial charge is 0.495 e. The number of nitrogens with one attached hydrogen (secondary N) is 1. The molecule has 26 heavy (non-hydrogen) atoms. The normalized spacial score (nSPS) is 17.6. The summed E-state index contributed by atoms with van der Waals surface area (Å²) >= 11 is 0. The Morgan fingerprint density at radius 2 is 1.96 bits per heavy atom. The molecule has 3 rings (SSSR count). The van der Waals surface area contributed by atoms with Crippen LogP contribution < -0.4 is 10.1 Å². The number of carbonyl (C=O) groups is 1. The van der Waals surface area contributed by atoms with E-state index in [0.717, 1.165) is 11.4 Å². The first-order chi connectivity index (χ1) is 12.3. The van der Waals surface area contributed by atoms with E-state index < -0.39 is 10.0 Å². The molecule has 0 fully saturated rings. The van der Waals surface area contributed by atoms with Gasteiger partial charge in [-0.15, -0.1) is 0 Å². The maximum atomic E-state index is 13.2. The number of aromatic nitrogens is 1. The molecule has 1 aliphatic rings. The van der Waals surface area contributed by atoms with Crippen molar-refractivity contribution < 1.29 is 17.9 Å². The molecular formula is C18H23N3O4S. The number of aryl methyl sites for hydroxylation is 1. The number of nitrogens with zero attached hydrogens (tertiary/aromatic N) is 2. The Morgan fingerprint density at radius 3 is 2.62 bits per heavy atom. The molecule has 0 unspecified atom stereocenters. The molecule has 1 N–H and O–H groups in total. The van der Waals surface area contributed by atoms with E-state index in [0.29, 0.717) is 24.5 Å². The van der Waals surface area contributed by atoms with Crippen molar-refractivity contribution in [1.82, 2.24) is 8.87 Å². The summed E-state index contributed by atoms with van der Waals surface area (Å²) in [5.41, 5.74) is 2.44. The van der Waals surface area contributed by atoms with Crippen molar-refractivity contribution in [3.63, 3.8) is 0 Å². The van der Waals surface area contributed by atoms with Gasteiger partial charge in [0.2, 0.25) is 15.9 Å². The van der Waals surface area contributed by atoms with Crippen LogP contribution in [0.2, 0.25) is 0 Å². The van der Waals surface area contributed by atoms with E-state index in [1.54, 1.807) is 6.07 Å². The highest BCUT2D eigenvalue weighted by Crippen LogP contribution is 2.34. The number of ether oxygens (including phenoxy) is 1. The van der Waals surface area contributed by atoms with E-state index in [4.69, 9.17) is 4.74 Å². The number of hydrogen-bond donors (Lipinski definition) is 1. The quantitative estimate of drug-likeness (QED) is 0.888. The molecular weight excluding hydrogens is 354 g/mol. The smallest absolute Gasteiger partial charge is 0.243 e. The number of carbonyl (C=O) groups excluding carboxylic acids is 1. The minimum atomic E-state index is -3.71. The van der Waals surface area contributed by atoms with Crippen molar-refractivity contribution in [3.8, 4) is 5.75 Å². The minimum absolute atomic E-state index is 0.130. The van der Waals surface area contributed by atoms with Gasteiger partial charge in [-0.3, -0.25) is 4.79 Å². The molecule has 1 aromatic heterocycles. The summed E-state index contributed by atoms with van der Waals surface area (Å²) in [6, 6.07) is 8.21. The van der Waals surface area contributed by atoms with Crippen LogP contribution in [0.5, 0.6) is 5.75 Å². The molecule has 0 saturated carbocycles. The lowest BCUT2D eigenvalue weighted by Gasteiger charge is -2.34. The first-order valence-corrected chi connectivity index (χ1v) is 9.83. The zero-order chi connectivity index (χ0) is 19.1. The second-order valence-corrected chi connectivity index (χ2v) is 8.28. The highest BCUT2D eigenvalue weighted by molar-refractivity contribution is 7.89. The van der Waals surface area contributed by atoms with Gasteiger partial charge in [0.25, 0.3) is 0 Å². The highest BCUT2D eigenvalue weighted by atomic mass is 32.2. The Morgan fingerprint density at radius 1 is 1.23 bits per heavy atom. The Bertz CT molecular complexity index is 949. The van der Waals surface area contributed by atoms with Crippen LogP contribution >= 0.6 is 0 Å². The van der Waals surface area contributed by atoms with Gasteiger partial charge in [0, 0.05) is 31.4 Å². The van der Waals surface area contributed by atoms with Crippen molar-refractivity contribution in [1.29, 1.82) is 0 Å². The molecule has 8 heteroatoms. The van der Waals surface area contributed by atoms with Crippen molar-refractivity contribution in [2.45, 2.75) is 38.3 Å². The summed E-state index contributed by atoms with van der Waals surface area (Å²) in [6.07, 6.45) is 0. The fourth-order valence-electron chi connectivity index (χ4n) is 3.40. The molecule has 0 spiro atoms. The SMILES string of the molecule is COc1ccc(S(=O)(=O)N2CCn3c(C)ccc3[C@@H]2C)cc1NC(C)=O. The summed E-state index contributed by atoms with van der Waals surface area (Å²) in [5, 5.41) is 2.62. The second-order valence-electron chi connectivity index (χ2n) is 6.39. The summed E-state index contributed by atoms with van der Waals surface area (Å²) < 4.78 is 35.3. The molecule has 7 nitrogen and oxygen atoms in total. The molecule has 0 saturated heterocycles. The number of benzene rings is 1. The van der Waals surface area contributed by atoms with Gasteiger partial charge in [-0.25, -0.2) is 8.42 Å². The van der Waals surface area contributed by atoms with Gasteiger partial charge < -0.3 is 14.6 Å². The third-order valence-electron chi connectivity index (χ3n) is 4.72. The number of hydrogen-bond acceptors (Lipinski definition) is 4. The van der Waals surface area contributed by atoms with Crippen molar-refractivity contribution >= 4 is 21.6 Å². The molecule has 1 aliphatic heterocycles. The van der Waals surface area contributed by atoms with E-state index >= 15 is 0 Å². The van der Waals surface area contributed by atoms with E-state index in [1.807, 2.05) is 26.0 Å². The van der Waals surface area contributed by atoms with Crippen LogP contribution in [0.25, 0.3) is 0 Å². The zero-order valence-electron chi connectivity index (χ0n) is 15.3. The third-order valence-corrected chi connectivity index (χ3v) is 6.69. The number of amides is 1. The van der Waals surface area contributed by atoms with Gasteiger partial charge in [-0.2, -0.15) is 4.31 Å². The summed E-state index contributed by atoms with van der Waals surface area (Å²) in [6.45, 7) is 6.29. The van der Waals surface area contributed by atoms with Gasteiger partial charge >= 0.3 is 0 Å². The average molecular weight is 377 g/mol.